The Morgan fingerprint density at radius 3 is 2.50 bits per heavy atom. The first kappa shape index (κ1) is 12.7. The molecule has 4 nitrogen and oxygen atoms in total. The molecule has 2 aromatic rings. The second-order valence-electron chi connectivity index (χ2n) is 3.54. The van der Waals surface area contributed by atoms with Crippen molar-refractivity contribution in [2.24, 2.45) is 0 Å². The summed E-state index contributed by atoms with van der Waals surface area (Å²) in [6.45, 7) is 1.29. The first-order chi connectivity index (χ1) is 8.50. The summed E-state index contributed by atoms with van der Waals surface area (Å²) in [5, 5.41) is 9.93. The number of ketones is 1. The molecule has 1 aromatic heterocycles. The van der Waals surface area contributed by atoms with Crippen LogP contribution in [0.25, 0.3) is 10.6 Å². The van der Waals surface area contributed by atoms with Gasteiger partial charge in [0.1, 0.15) is 15.6 Å². The van der Waals surface area contributed by atoms with Gasteiger partial charge in [-0.25, -0.2) is 9.78 Å². The van der Waals surface area contributed by atoms with E-state index in [1.54, 1.807) is 24.3 Å². The van der Waals surface area contributed by atoms with E-state index in [0.29, 0.717) is 15.6 Å². The fourth-order valence-corrected chi connectivity index (χ4v) is 2.73. The number of aromatic carboxylic acids is 1. The Kier molecular flexibility index (Phi) is 3.45. The molecule has 1 N–H and O–H groups in total. The van der Waals surface area contributed by atoms with E-state index in [0.717, 1.165) is 11.3 Å². The third-order valence-corrected chi connectivity index (χ3v) is 3.67. The minimum absolute atomic E-state index is 0.0255. The van der Waals surface area contributed by atoms with Crippen LogP contribution in [0, 0.1) is 0 Å². The molecule has 0 fully saturated rings. The van der Waals surface area contributed by atoms with Gasteiger partial charge in [0.25, 0.3) is 0 Å². The Hall–Kier alpha value is -1.72. The van der Waals surface area contributed by atoms with Gasteiger partial charge >= 0.3 is 5.97 Å². The molecule has 0 aliphatic rings. The van der Waals surface area contributed by atoms with Crippen molar-refractivity contribution in [2.45, 2.75) is 6.92 Å². The van der Waals surface area contributed by atoms with Gasteiger partial charge in [-0.05, 0) is 6.07 Å². The van der Waals surface area contributed by atoms with E-state index in [9.17, 15) is 9.59 Å². The molecule has 0 unspecified atom stereocenters. The van der Waals surface area contributed by atoms with E-state index in [2.05, 4.69) is 4.98 Å². The Labute approximate surface area is 112 Å². The minimum Gasteiger partial charge on any atom is -0.477 e. The maximum absolute atomic E-state index is 11.3. The molecule has 0 saturated carbocycles. The lowest BCUT2D eigenvalue weighted by Crippen LogP contribution is -2.02. The number of carbonyl (C=O) groups excluding carboxylic acids is 1. The molecule has 0 saturated heterocycles. The highest BCUT2D eigenvalue weighted by molar-refractivity contribution is 7.17. The number of aromatic nitrogens is 1. The van der Waals surface area contributed by atoms with Crippen molar-refractivity contribution < 1.29 is 14.7 Å². The second kappa shape index (κ2) is 4.88. The van der Waals surface area contributed by atoms with Gasteiger partial charge in [0.2, 0.25) is 0 Å². The van der Waals surface area contributed by atoms with Crippen LogP contribution in [0.3, 0.4) is 0 Å². The van der Waals surface area contributed by atoms with Crippen molar-refractivity contribution in [1.29, 1.82) is 0 Å². The van der Waals surface area contributed by atoms with E-state index in [4.69, 9.17) is 16.7 Å². The van der Waals surface area contributed by atoms with Crippen LogP contribution >= 0.6 is 22.9 Å². The zero-order chi connectivity index (χ0) is 13.3. The third-order valence-electron chi connectivity index (χ3n) is 2.26. The Morgan fingerprint density at radius 2 is 2.00 bits per heavy atom. The summed E-state index contributed by atoms with van der Waals surface area (Å²) >= 11 is 6.96. The number of nitrogens with zero attached hydrogens (tertiary/aromatic N) is 1. The molecular weight excluding hydrogens is 274 g/mol. The molecule has 0 amide bonds. The lowest BCUT2D eigenvalue weighted by molar-refractivity contribution is 0.0697. The monoisotopic (exact) mass is 281 g/mol. The van der Waals surface area contributed by atoms with Crippen LogP contribution < -0.4 is 0 Å². The average Bonchev–Trinajstić information content (AvgIpc) is 2.74. The van der Waals surface area contributed by atoms with E-state index in [1.807, 2.05) is 0 Å². The van der Waals surface area contributed by atoms with Crippen molar-refractivity contribution in [1.82, 2.24) is 4.98 Å². The van der Waals surface area contributed by atoms with Crippen molar-refractivity contribution in [3.05, 3.63) is 39.9 Å². The SMILES string of the molecule is CC(=O)c1nc(-c2ccccc2Cl)sc1C(=O)O. The molecule has 1 aromatic carbocycles. The summed E-state index contributed by atoms with van der Waals surface area (Å²) in [6.07, 6.45) is 0. The highest BCUT2D eigenvalue weighted by Crippen LogP contribution is 2.33. The van der Waals surface area contributed by atoms with Crippen LogP contribution in [0.4, 0.5) is 0 Å². The van der Waals surface area contributed by atoms with Gasteiger partial charge in [-0.3, -0.25) is 4.79 Å². The smallest absolute Gasteiger partial charge is 0.348 e. The number of carboxylic acids is 1. The number of Topliss-reactive ketones (excluding diaryl/α,β-unsaturated/α-hetero) is 1. The summed E-state index contributed by atoms with van der Waals surface area (Å²) in [5.41, 5.74) is 0.599. The number of halogens is 1. The average molecular weight is 282 g/mol. The van der Waals surface area contributed by atoms with Crippen LogP contribution in [-0.4, -0.2) is 21.8 Å². The van der Waals surface area contributed by atoms with E-state index in [1.165, 1.54) is 6.92 Å². The maximum Gasteiger partial charge on any atom is 0.348 e. The Bertz CT molecular complexity index is 605. The summed E-state index contributed by atoms with van der Waals surface area (Å²) in [7, 11) is 0. The predicted molar refractivity (Wildman–Crippen MR) is 69.5 cm³/mol. The molecule has 0 atom stereocenters. The van der Waals surface area contributed by atoms with Crippen molar-refractivity contribution in [3.63, 3.8) is 0 Å². The number of rotatable bonds is 3. The van der Waals surface area contributed by atoms with Crippen molar-refractivity contribution in [3.8, 4) is 10.6 Å². The molecule has 18 heavy (non-hydrogen) atoms. The molecule has 6 heteroatoms. The normalized spacial score (nSPS) is 10.3. The minimum atomic E-state index is -1.16. The highest BCUT2D eigenvalue weighted by Gasteiger charge is 2.21. The van der Waals surface area contributed by atoms with Crippen molar-refractivity contribution >= 4 is 34.7 Å². The maximum atomic E-state index is 11.3. The molecule has 0 spiro atoms. The van der Waals surface area contributed by atoms with Crippen LogP contribution in [-0.2, 0) is 0 Å². The Morgan fingerprint density at radius 1 is 1.33 bits per heavy atom. The predicted octanol–water partition coefficient (Wildman–Crippen LogP) is 3.36. The van der Waals surface area contributed by atoms with Gasteiger partial charge in [-0.2, -0.15) is 0 Å². The van der Waals surface area contributed by atoms with Gasteiger partial charge in [0.05, 0.1) is 5.02 Å². The fraction of sp³-hybridized carbons (Fsp3) is 0.0833. The number of benzene rings is 1. The molecule has 92 valence electrons. The molecular formula is C12H8ClNO3S. The molecule has 0 bridgehead atoms. The second-order valence-corrected chi connectivity index (χ2v) is 4.94. The molecule has 1 heterocycles. The van der Waals surface area contributed by atoms with E-state index < -0.39 is 5.97 Å². The first-order valence-electron chi connectivity index (χ1n) is 5.00. The third kappa shape index (κ3) is 2.27. The van der Waals surface area contributed by atoms with Crippen LogP contribution in [0.2, 0.25) is 5.02 Å². The van der Waals surface area contributed by atoms with Crippen LogP contribution in [0.5, 0.6) is 0 Å². The first-order valence-corrected chi connectivity index (χ1v) is 6.20. The standard InChI is InChI=1S/C12H8ClNO3S/c1-6(15)9-10(12(16)17)18-11(14-9)7-4-2-3-5-8(7)13/h2-5H,1H3,(H,16,17). The Balaban J connectivity index is 2.61. The van der Waals surface area contributed by atoms with Crippen molar-refractivity contribution in [2.75, 3.05) is 0 Å². The number of carbonyl (C=O) groups is 2. The lowest BCUT2D eigenvalue weighted by atomic mass is 10.2. The van der Waals surface area contributed by atoms with Gasteiger partial charge in [0, 0.05) is 12.5 Å². The molecule has 0 aliphatic carbocycles. The number of thiazole rings is 1. The molecule has 0 radical (unpaired) electrons. The largest absolute Gasteiger partial charge is 0.477 e. The highest BCUT2D eigenvalue weighted by atomic mass is 35.5. The quantitative estimate of drug-likeness (QED) is 0.876. The number of hydrogen-bond donors (Lipinski definition) is 1. The summed E-state index contributed by atoms with van der Waals surface area (Å²) in [4.78, 5) is 26.4. The van der Waals surface area contributed by atoms with Gasteiger partial charge in [-0.15, -0.1) is 11.3 Å². The zero-order valence-corrected chi connectivity index (χ0v) is 10.9. The molecule has 0 aliphatic heterocycles. The number of hydrogen-bond acceptors (Lipinski definition) is 4. The molecule has 2 rings (SSSR count). The fourth-order valence-electron chi connectivity index (χ4n) is 1.45. The van der Waals surface area contributed by atoms with Crippen LogP contribution in [0.15, 0.2) is 24.3 Å². The summed E-state index contributed by atoms with van der Waals surface area (Å²) in [6, 6.07) is 6.96. The summed E-state index contributed by atoms with van der Waals surface area (Å²) in [5.74, 6) is -1.53. The van der Waals surface area contributed by atoms with Gasteiger partial charge in [0.15, 0.2) is 5.78 Å². The topological polar surface area (TPSA) is 67.3 Å². The zero-order valence-electron chi connectivity index (χ0n) is 9.31. The van der Waals surface area contributed by atoms with Crippen LogP contribution in [0.1, 0.15) is 27.1 Å². The van der Waals surface area contributed by atoms with E-state index >= 15 is 0 Å². The van der Waals surface area contributed by atoms with Gasteiger partial charge < -0.3 is 5.11 Å². The number of carboxylic acid groups (broad SMARTS) is 1. The van der Waals surface area contributed by atoms with E-state index in [-0.39, 0.29) is 16.4 Å². The lowest BCUT2D eigenvalue weighted by Gasteiger charge is -1.97. The van der Waals surface area contributed by atoms with Gasteiger partial charge in [-0.1, -0.05) is 29.8 Å². The summed E-state index contributed by atoms with van der Waals surface area (Å²) < 4.78 is 0.